The minimum absolute atomic E-state index is 0.332. The van der Waals surface area contributed by atoms with Crippen LogP contribution in [0.2, 0.25) is 5.28 Å². The summed E-state index contributed by atoms with van der Waals surface area (Å²) in [7, 11) is 0. The normalized spacial score (nSPS) is 14.1. The lowest BCUT2D eigenvalue weighted by Gasteiger charge is -2.07. The van der Waals surface area contributed by atoms with Crippen LogP contribution in [0.4, 0.5) is 0 Å². The molecule has 0 unspecified atom stereocenters. The number of aromatic carboxylic acids is 1. The first-order chi connectivity index (χ1) is 9.27. The second-order valence-electron chi connectivity index (χ2n) is 4.40. The van der Waals surface area contributed by atoms with E-state index in [2.05, 4.69) is 0 Å². The Balaban J connectivity index is 0.000000186. The van der Waals surface area contributed by atoms with Gasteiger partial charge in [-0.3, -0.25) is 0 Å². The van der Waals surface area contributed by atoms with Crippen molar-refractivity contribution in [3.8, 4) is 0 Å². The Kier molecular flexibility index (Phi) is 5.41. The third kappa shape index (κ3) is 4.36. The monoisotopic (exact) mass is 271 g/mol. The molecular formula is C15H16AlO3. The molecule has 0 amide bonds. The van der Waals surface area contributed by atoms with Crippen molar-refractivity contribution in [2.24, 2.45) is 0 Å². The zero-order chi connectivity index (χ0) is 13.5. The van der Waals surface area contributed by atoms with Gasteiger partial charge < -0.3 is 8.90 Å². The van der Waals surface area contributed by atoms with Crippen LogP contribution in [0.25, 0.3) is 10.8 Å². The number of fused-ring (bicyclic) bond motifs is 1. The summed E-state index contributed by atoms with van der Waals surface area (Å²) in [5.41, 5.74) is 0.332. The number of carbonyl (C=O) groups is 1. The maximum Gasteiger partial charge on any atom is 0.423 e. The van der Waals surface area contributed by atoms with Gasteiger partial charge in [0.15, 0.2) is 0 Å². The van der Waals surface area contributed by atoms with Crippen LogP contribution in [0.15, 0.2) is 42.5 Å². The lowest BCUT2D eigenvalue weighted by molar-refractivity contribution is 0.0697. The van der Waals surface area contributed by atoms with Crippen molar-refractivity contribution in [1.29, 1.82) is 0 Å². The summed E-state index contributed by atoms with van der Waals surface area (Å²) < 4.78 is 5.15. The largest absolute Gasteiger partial charge is 0.507 e. The van der Waals surface area contributed by atoms with E-state index in [9.17, 15) is 4.79 Å². The number of rotatable bonds is 1. The molecule has 1 radical (unpaired) electrons. The van der Waals surface area contributed by atoms with Crippen LogP contribution in [0, 0.1) is 0 Å². The predicted octanol–water partition coefficient (Wildman–Crippen LogP) is 3.37. The Bertz CT molecular complexity index is 538. The van der Waals surface area contributed by atoms with Crippen molar-refractivity contribution in [1.82, 2.24) is 0 Å². The summed E-state index contributed by atoms with van der Waals surface area (Å²) in [6.45, 7) is 1.04. The topological polar surface area (TPSA) is 46.5 Å². The Labute approximate surface area is 119 Å². The quantitative estimate of drug-likeness (QED) is 0.809. The van der Waals surface area contributed by atoms with Crippen molar-refractivity contribution in [3.63, 3.8) is 0 Å². The van der Waals surface area contributed by atoms with Crippen molar-refractivity contribution in [2.75, 3.05) is 6.61 Å². The number of carboxylic acids is 1. The maximum absolute atomic E-state index is 10.6. The van der Waals surface area contributed by atoms with Crippen LogP contribution < -0.4 is 0 Å². The van der Waals surface area contributed by atoms with Crippen LogP contribution >= 0.6 is 0 Å². The molecule has 0 atom stereocenters. The standard InChI is InChI=1S/C11H8O2.C4H8O.Al/c12-11(13)10-6-5-8-3-1-2-4-9(8)7-10;1-2-3-4-5;/h1-7H,(H,12,13);1-4H2;/q;-1;+1. The summed E-state index contributed by atoms with van der Waals surface area (Å²) in [5.74, 6) is -0.884. The van der Waals surface area contributed by atoms with E-state index in [4.69, 9.17) is 8.90 Å². The molecule has 4 heteroatoms. The smallest absolute Gasteiger partial charge is 0.423 e. The molecule has 1 aliphatic rings. The van der Waals surface area contributed by atoms with Crippen LogP contribution in [0.3, 0.4) is 0 Å². The zero-order valence-corrected chi connectivity index (χ0v) is 11.9. The van der Waals surface area contributed by atoms with Gasteiger partial charge in [-0.25, -0.2) is 4.79 Å². The zero-order valence-electron chi connectivity index (χ0n) is 10.7. The molecule has 1 aliphatic heterocycles. The highest BCUT2D eigenvalue weighted by Crippen LogP contribution is 2.15. The molecule has 1 heterocycles. The summed E-state index contributed by atoms with van der Waals surface area (Å²) in [6, 6.07) is 12.8. The second kappa shape index (κ2) is 7.30. The van der Waals surface area contributed by atoms with Gasteiger partial charge >= 0.3 is 21.5 Å². The first-order valence-corrected chi connectivity index (χ1v) is 7.71. The van der Waals surface area contributed by atoms with Gasteiger partial charge in [0, 0.05) is 6.61 Å². The van der Waals surface area contributed by atoms with Gasteiger partial charge in [0.25, 0.3) is 0 Å². The van der Waals surface area contributed by atoms with E-state index in [1.54, 1.807) is 12.1 Å². The Morgan fingerprint density at radius 3 is 2.42 bits per heavy atom. The molecule has 3 rings (SSSR count). The summed E-state index contributed by atoms with van der Waals surface area (Å²) in [5, 5.41) is 12.1. The fourth-order valence-electron chi connectivity index (χ4n) is 1.90. The summed E-state index contributed by atoms with van der Waals surface area (Å²) in [4.78, 5) is 10.6. The lowest BCUT2D eigenvalue weighted by atomic mass is 10.1. The van der Waals surface area contributed by atoms with Gasteiger partial charge in [0.05, 0.1) is 5.56 Å². The average Bonchev–Trinajstić information content (AvgIpc) is 2.49. The van der Waals surface area contributed by atoms with Gasteiger partial charge in [-0.2, -0.15) is 0 Å². The van der Waals surface area contributed by atoms with E-state index in [0.717, 1.165) is 17.4 Å². The molecule has 0 aliphatic carbocycles. The van der Waals surface area contributed by atoms with E-state index < -0.39 is 5.97 Å². The number of hydrogen-bond acceptors (Lipinski definition) is 2. The van der Waals surface area contributed by atoms with Crippen molar-refractivity contribution >= 4 is 32.3 Å². The summed E-state index contributed by atoms with van der Waals surface area (Å²) >= 11 is 0.405. The Hall–Kier alpha value is -1.34. The first-order valence-electron chi connectivity index (χ1n) is 6.43. The van der Waals surface area contributed by atoms with Crippen molar-refractivity contribution in [3.05, 3.63) is 48.0 Å². The average molecular weight is 271 g/mol. The minimum Gasteiger partial charge on any atom is -0.507 e. The van der Waals surface area contributed by atoms with Crippen LogP contribution in [0.1, 0.15) is 23.2 Å². The van der Waals surface area contributed by atoms with Crippen LogP contribution in [-0.4, -0.2) is 33.2 Å². The van der Waals surface area contributed by atoms with Crippen LogP contribution in [0.5, 0.6) is 0 Å². The third-order valence-electron chi connectivity index (χ3n) is 2.95. The molecule has 0 spiro atoms. The molecule has 1 N–H and O–H groups in total. The fourth-order valence-corrected chi connectivity index (χ4v) is 2.86. The molecule has 97 valence electrons. The number of hydrogen-bond donors (Lipinski definition) is 1. The molecule has 2 aromatic carbocycles. The molecule has 0 saturated carbocycles. The van der Waals surface area contributed by atoms with Gasteiger partial charge in [-0.1, -0.05) is 42.0 Å². The van der Waals surface area contributed by atoms with E-state index in [0.29, 0.717) is 21.1 Å². The van der Waals surface area contributed by atoms with Gasteiger partial charge in [-0.15, -0.1) is 0 Å². The van der Waals surface area contributed by atoms with E-state index >= 15 is 0 Å². The molecule has 1 saturated heterocycles. The maximum atomic E-state index is 10.6. The van der Waals surface area contributed by atoms with Gasteiger partial charge in [0.1, 0.15) is 0 Å². The molecule has 0 bridgehead atoms. The van der Waals surface area contributed by atoms with Crippen molar-refractivity contribution < 1.29 is 13.7 Å². The fraction of sp³-hybridized carbons (Fsp3) is 0.267. The first kappa shape index (κ1) is 14.1. The van der Waals surface area contributed by atoms with E-state index in [-0.39, 0.29) is 0 Å². The highest BCUT2D eigenvalue weighted by atomic mass is 27.1. The van der Waals surface area contributed by atoms with Crippen molar-refractivity contribution in [2.45, 2.75) is 18.1 Å². The summed E-state index contributed by atoms with van der Waals surface area (Å²) in [6.07, 6.45) is 2.71. The highest BCUT2D eigenvalue weighted by Gasteiger charge is 2.02. The second-order valence-corrected chi connectivity index (χ2v) is 5.64. The SMILES string of the molecule is C1C[CH2][Al][O]C1.O=C(O)c1ccc2ccccc2c1. The van der Waals surface area contributed by atoms with Gasteiger partial charge in [-0.05, 0) is 29.3 Å². The molecule has 2 aromatic rings. The van der Waals surface area contributed by atoms with E-state index in [1.165, 1.54) is 18.1 Å². The Morgan fingerprint density at radius 1 is 1.11 bits per heavy atom. The lowest BCUT2D eigenvalue weighted by Crippen LogP contribution is -2.06. The number of benzene rings is 2. The third-order valence-corrected chi connectivity index (χ3v) is 4.06. The van der Waals surface area contributed by atoms with Crippen LogP contribution in [-0.2, 0) is 3.79 Å². The number of carboxylic acid groups (broad SMARTS) is 1. The molecular weight excluding hydrogens is 255 g/mol. The molecule has 19 heavy (non-hydrogen) atoms. The van der Waals surface area contributed by atoms with Gasteiger partial charge in [0.2, 0.25) is 0 Å². The minimum atomic E-state index is -0.884. The molecule has 0 aromatic heterocycles. The highest BCUT2D eigenvalue weighted by molar-refractivity contribution is 6.27. The molecule has 1 fully saturated rings. The van der Waals surface area contributed by atoms with E-state index in [1.807, 2.05) is 30.3 Å². The predicted molar refractivity (Wildman–Crippen MR) is 76.7 cm³/mol. The Morgan fingerprint density at radius 2 is 1.89 bits per heavy atom. The molecule has 3 nitrogen and oxygen atoms in total.